The molecule has 0 aliphatic heterocycles. The van der Waals surface area contributed by atoms with E-state index >= 15 is 0 Å². The maximum absolute atomic E-state index is 12.2. The minimum Gasteiger partial charge on any atom is -0.494 e. The van der Waals surface area contributed by atoms with Crippen molar-refractivity contribution in [2.75, 3.05) is 18.5 Å². The van der Waals surface area contributed by atoms with Gasteiger partial charge in [0.25, 0.3) is 5.91 Å². The fourth-order valence-corrected chi connectivity index (χ4v) is 2.58. The van der Waals surface area contributed by atoms with Crippen LogP contribution in [0.25, 0.3) is 11.4 Å². The average Bonchev–Trinajstić information content (AvgIpc) is 3.20. The molecule has 1 amide bonds. The summed E-state index contributed by atoms with van der Waals surface area (Å²) in [5.74, 6) is 1.54. The lowest BCUT2D eigenvalue weighted by Crippen LogP contribution is -2.24. The predicted octanol–water partition coefficient (Wildman–Crippen LogP) is 3.66. The number of aromatic nitrogens is 2. The number of anilines is 1. The van der Waals surface area contributed by atoms with Gasteiger partial charge in [-0.05, 0) is 43.3 Å². The van der Waals surface area contributed by atoms with Crippen molar-refractivity contribution in [1.29, 1.82) is 0 Å². The Morgan fingerprint density at radius 1 is 1.21 bits per heavy atom. The predicted molar refractivity (Wildman–Crippen MR) is 107 cm³/mol. The van der Waals surface area contributed by atoms with Crippen LogP contribution in [0, 0.1) is 0 Å². The molecule has 1 heterocycles. The van der Waals surface area contributed by atoms with Crippen LogP contribution in [-0.4, -0.2) is 29.2 Å². The molecule has 0 bridgehead atoms. The third-order valence-electron chi connectivity index (χ3n) is 3.90. The Bertz CT molecular complexity index is 935. The van der Waals surface area contributed by atoms with Gasteiger partial charge in [-0.25, -0.2) is 0 Å². The van der Waals surface area contributed by atoms with E-state index in [2.05, 4.69) is 27.4 Å². The number of rotatable bonds is 9. The normalized spacial score (nSPS) is 10.3. The van der Waals surface area contributed by atoms with Crippen molar-refractivity contribution in [3.8, 4) is 17.1 Å². The number of nitrogens with one attached hydrogen (secondary N) is 2. The second-order valence-corrected chi connectivity index (χ2v) is 5.87. The topological polar surface area (TPSA) is 89.3 Å². The van der Waals surface area contributed by atoms with Crippen LogP contribution in [0.5, 0.6) is 5.75 Å². The number of benzene rings is 2. The van der Waals surface area contributed by atoms with Gasteiger partial charge >= 0.3 is 0 Å². The first-order valence-corrected chi connectivity index (χ1v) is 8.99. The van der Waals surface area contributed by atoms with E-state index in [1.807, 2.05) is 49.4 Å². The molecule has 0 atom stereocenters. The summed E-state index contributed by atoms with van der Waals surface area (Å²) in [5, 5.41) is 9.96. The van der Waals surface area contributed by atoms with Crippen LogP contribution in [0.15, 0.2) is 65.7 Å². The molecule has 0 saturated heterocycles. The standard InChI is InChI=1S/C21H22N4O3/c1-3-13-22-21(26)17-7-5-6-8-18(17)23-14-19-24-20(25-28-19)15-9-11-16(12-10-15)27-4-2/h3,5-12,23H,1,4,13-14H2,2H3,(H,22,26). The highest BCUT2D eigenvalue weighted by Gasteiger charge is 2.12. The number of ether oxygens (including phenoxy) is 1. The Kier molecular flexibility index (Phi) is 6.41. The van der Waals surface area contributed by atoms with Crippen LogP contribution in [0.4, 0.5) is 5.69 Å². The molecule has 0 spiro atoms. The second-order valence-electron chi connectivity index (χ2n) is 5.87. The van der Waals surface area contributed by atoms with E-state index in [0.717, 1.165) is 11.3 Å². The molecule has 0 aliphatic rings. The zero-order valence-corrected chi connectivity index (χ0v) is 15.6. The van der Waals surface area contributed by atoms with E-state index in [0.29, 0.717) is 42.7 Å². The van der Waals surface area contributed by atoms with Crippen molar-refractivity contribution in [3.05, 3.63) is 72.6 Å². The van der Waals surface area contributed by atoms with Crippen LogP contribution >= 0.6 is 0 Å². The summed E-state index contributed by atoms with van der Waals surface area (Å²) < 4.78 is 10.7. The monoisotopic (exact) mass is 378 g/mol. The van der Waals surface area contributed by atoms with Crippen molar-refractivity contribution in [3.63, 3.8) is 0 Å². The van der Waals surface area contributed by atoms with E-state index < -0.39 is 0 Å². The number of para-hydroxylation sites is 1. The zero-order chi connectivity index (χ0) is 19.8. The maximum atomic E-state index is 12.2. The lowest BCUT2D eigenvalue weighted by molar-refractivity contribution is 0.0958. The van der Waals surface area contributed by atoms with Crippen molar-refractivity contribution < 1.29 is 14.1 Å². The lowest BCUT2D eigenvalue weighted by Gasteiger charge is -2.10. The lowest BCUT2D eigenvalue weighted by atomic mass is 10.1. The molecule has 0 unspecified atom stereocenters. The fraction of sp³-hybridized carbons (Fsp3) is 0.190. The van der Waals surface area contributed by atoms with Gasteiger partial charge in [0, 0.05) is 17.8 Å². The smallest absolute Gasteiger partial charge is 0.253 e. The van der Waals surface area contributed by atoms with E-state index in [9.17, 15) is 4.79 Å². The quantitative estimate of drug-likeness (QED) is 0.552. The molecule has 7 nitrogen and oxygen atoms in total. The summed E-state index contributed by atoms with van der Waals surface area (Å²) in [6, 6.07) is 14.7. The number of carbonyl (C=O) groups is 1. The van der Waals surface area contributed by atoms with Crippen molar-refractivity contribution in [2.45, 2.75) is 13.5 Å². The highest BCUT2D eigenvalue weighted by Crippen LogP contribution is 2.21. The fourth-order valence-electron chi connectivity index (χ4n) is 2.58. The Morgan fingerprint density at radius 3 is 2.75 bits per heavy atom. The molecule has 3 aromatic rings. The molecule has 144 valence electrons. The maximum Gasteiger partial charge on any atom is 0.253 e. The number of hydrogen-bond donors (Lipinski definition) is 2. The Balaban J connectivity index is 1.66. The van der Waals surface area contributed by atoms with Crippen LogP contribution < -0.4 is 15.4 Å². The van der Waals surface area contributed by atoms with Gasteiger partial charge in [-0.3, -0.25) is 4.79 Å². The Hall–Kier alpha value is -3.61. The average molecular weight is 378 g/mol. The summed E-state index contributed by atoms with van der Waals surface area (Å²) in [6.45, 7) is 6.86. The molecule has 0 fully saturated rings. The molecule has 0 radical (unpaired) electrons. The zero-order valence-electron chi connectivity index (χ0n) is 15.6. The van der Waals surface area contributed by atoms with Crippen molar-refractivity contribution in [2.24, 2.45) is 0 Å². The van der Waals surface area contributed by atoms with Crippen molar-refractivity contribution >= 4 is 11.6 Å². The minimum absolute atomic E-state index is 0.177. The molecular weight excluding hydrogens is 356 g/mol. The van der Waals surface area contributed by atoms with Crippen LogP contribution in [0.2, 0.25) is 0 Å². The SMILES string of the molecule is C=CCNC(=O)c1ccccc1NCc1nc(-c2ccc(OCC)cc2)no1. The van der Waals surface area contributed by atoms with Crippen LogP contribution in [0.3, 0.4) is 0 Å². The third-order valence-corrected chi connectivity index (χ3v) is 3.90. The van der Waals surface area contributed by atoms with E-state index in [4.69, 9.17) is 9.26 Å². The summed E-state index contributed by atoms with van der Waals surface area (Å²) in [7, 11) is 0. The molecular formula is C21H22N4O3. The summed E-state index contributed by atoms with van der Waals surface area (Å²) >= 11 is 0. The molecule has 3 rings (SSSR count). The van der Waals surface area contributed by atoms with Gasteiger partial charge in [0.05, 0.1) is 18.7 Å². The van der Waals surface area contributed by atoms with Crippen LogP contribution in [0.1, 0.15) is 23.2 Å². The molecule has 0 saturated carbocycles. The molecule has 0 aliphatic carbocycles. The number of hydrogen-bond acceptors (Lipinski definition) is 6. The Morgan fingerprint density at radius 2 is 2.00 bits per heavy atom. The molecule has 1 aromatic heterocycles. The minimum atomic E-state index is -0.177. The van der Waals surface area contributed by atoms with Gasteiger partial charge in [-0.1, -0.05) is 23.4 Å². The first-order chi connectivity index (χ1) is 13.7. The summed E-state index contributed by atoms with van der Waals surface area (Å²) in [5.41, 5.74) is 2.06. The van der Waals surface area contributed by atoms with Gasteiger partial charge in [0.2, 0.25) is 11.7 Å². The summed E-state index contributed by atoms with van der Waals surface area (Å²) in [6.07, 6.45) is 1.63. The highest BCUT2D eigenvalue weighted by molar-refractivity contribution is 5.99. The van der Waals surface area contributed by atoms with E-state index in [1.165, 1.54) is 0 Å². The van der Waals surface area contributed by atoms with Gasteiger partial charge in [0.15, 0.2) is 0 Å². The number of carbonyl (C=O) groups excluding carboxylic acids is 1. The van der Waals surface area contributed by atoms with Crippen LogP contribution in [-0.2, 0) is 6.54 Å². The summed E-state index contributed by atoms with van der Waals surface area (Å²) in [4.78, 5) is 16.6. The highest BCUT2D eigenvalue weighted by atomic mass is 16.5. The largest absolute Gasteiger partial charge is 0.494 e. The molecule has 7 heteroatoms. The van der Waals surface area contributed by atoms with Gasteiger partial charge in [-0.15, -0.1) is 6.58 Å². The Labute approximate surface area is 163 Å². The number of nitrogens with zero attached hydrogens (tertiary/aromatic N) is 2. The molecule has 28 heavy (non-hydrogen) atoms. The van der Waals surface area contributed by atoms with Gasteiger partial charge < -0.3 is 19.9 Å². The first kappa shape index (κ1) is 19.2. The van der Waals surface area contributed by atoms with Gasteiger partial charge in [-0.2, -0.15) is 4.98 Å². The first-order valence-electron chi connectivity index (χ1n) is 8.99. The molecule has 2 aromatic carbocycles. The number of amides is 1. The van der Waals surface area contributed by atoms with E-state index in [1.54, 1.807) is 12.1 Å². The van der Waals surface area contributed by atoms with Gasteiger partial charge in [0.1, 0.15) is 5.75 Å². The molecule has 2 N–H and O–H groups in total. The third kappa shape index (κ3) is 4.76. The second kappa shape index (κ2) is 9.36. The van der Waals surface area contributed by atoms with Crippen molar-refractivity contribution in [1.82, 2.24) is 15.5 Å². The van der Waals surface area contributed by atoms with E-state index in [-0.39, 0.29) is 5.91 Å².